The van der Waals surface area contributed by atoms with E-state index in [0.29, 0.717) is 19.3 Å². The molecule has 0 spiro atoms. The number of rotatable bonds is 64. The summed E-state index contributed by atoms with van der Waals surface area (Å²) in [5, 5.41) is 0. The first-order chi connectivity index (χ1) is 38.0. The van der Waals surface area contributed by atoms with E-state index in [0.717, 1.165) is 83.5 Å². The number of hydrogen-bond acceptors (Lipinski definition) is 6. The highest BCUT2D eigenvalue weighted by molar-refractivity contribution is 5.71. The molecule has 6 nitrogen and oxygen atoms in total. The van der Waals surface area contributed by atoms with Gasteiger partial charge >= 0.3 is 17.9 Å². The third-order valence-corrected chi connectivity index (χ3v) is 15.7. The van der Waals surface area contributed by atoms with Crippen molar-refractivity contribution in [1.29, 1.82) is 0 Å². The molecule has 0 aromatic rings. The predicted molar refractivity (Wildman–Crippen MR) is 335 cm³/mol. The van der Waals surface area contributed by atoms with Crippen molar-refractivity contribution in [2.75, 3.05) is 13.2 Å². The van der Waals surface area contributed by atoms with Crippen LogP contribution in [0.15, 0.2) is 36.5 Å². The maximum absolute atomic E-state index is 12.9. The van der Waals surface area contributed by atoms with Gasteiger partial charge in [-0.3, -0.25) is 14.4 Å². The van der Waals surface area contributed by atoms with E-state index in [-0.39, 0.29) is 31.1 Å². The quantitative estimate of drug-likeness (QED) is 0.0261. The van der Waals surface area contributed by atoms with Crippen LogP contribution >= 0.6 is 0 Å². The maximum atomic E-state index is 12.9. The van der Waals surface area contributed by atoms with E-state index in [1.807, 2.05) is 0 Å². The number of ether oxygens (including phenoxy) is 3. The highest BCUT2D eigenvalue weighted by atomic mass is 16.6. The van der Waals surface area contributed by atoms with Gasteiger partial charge in [-0.05, 0) is 51.4 Å². The smallest absolute Gasteiger partial charge is 0.306 e. The zero-order valence-electron chi connectivity index (χ0n) is 52.0. The number of carbonyl (C=O) groups is 3. The summed E-state index contributed by atoms with van der Waals surface area (Å²) in [7, 11) is 0. The van der Waals surface area contributed by atoms with Crippen molar-refractivity contribution in [2.24, 2.45) is 0 Å². The molecule has 0 amide bonds. The summed E-state index contributed by atoms with van der Waals surface area (Å²) in [6.07, 6.45) is 81.8. The van der Waals surface area contributed by atoms with Gasteiger partial charge in [-0.25, -0.2) is 0 Å². The predicted octanol–water partition coefficient (Wildman–Crippen LogP) is 23.6. The fourth-order valence-electron chi connectivity index (χ4n) is 10.5. The molecule has 0 aliphatic carbocycles. The zero-order chi connectivity index (χ0) is 55.7. The highest BCUT2D eigenvalue weighted by Crippen LogP contribution is 2.19. The molecule has 6 heteroatoms. The van der Waals surface area contributed by atoms with Gasteiger partial charge in [0.2, 0.25) is 0 Å². The first-order valence-corrected chi connectivity index (χ1v) is 34.5. The van der Waals surface area contributed by atoms with E-state index >= 15 is 0 Å². The van der Waals surface area contributed by atoms with Crippen LogP contribution in [0, 0.1) is 0 Å². The van der Waals surface area contributed by atoms with Crippen LogP contribution in [0.1, 0.15) is 380 Å². The van der Waals surface area contributed by atoms with Crippen LogP contribution in [0.3, 0.4) is 0 Å². The van der Waals surface area contributed by atoms with Crippen molar-refractivity contribution in [3.63, 3.8) is 0 Å². The Hall–Kier alpha value is -2.37. The lowest BCUT2D eigenvalue weighted by atomic mass is 10.0. The Morgan fingerprint density at radius 1 is 0.273 bits per heavy atom. The Kier molecular flexibility index (Phi) is 64.1. The largest absolute Gasteiger partial charge is 0.462 e. The fourth-order valence-corrected chi connectivity index (χ4v) is 10.5. The summed E-state index contributed by atoms with van der Waals surface area (Å²) in [6.45, 7) is 6.58. The van der Waals surface area contributed by atoms with Gasteiger partial charge < -0.3 is 14.2 Å². The molecule has 0 aromatic carbocycles. The zero-order valence-corrected chi connectivity index (χ0v) is 52.0. The number of hydrogen-bond donors (Lipinski definition) is 0. The van der Waals surface area contributed by atoms with Crippen LogP contribution in [-0.2, 0) is 28.6 Å². The summed E-state index contributed by atoms with van der Waals surface area (Å²) in [4.78, 5) is 38.4. The molecule has 0 heterocycles. The Morgan fingerprint density at radius 2 is 0.506 bits per heavy atom. The van der Waals surface area contributed by atoms with E-state index in [4.69, 9.17) is 14.2 Å². The molecule has 1 unspecified atom stereocenters. The van der Waals surface area contributed by atoms with Gasteiger partial charge in [0.1, 0.15) is 13.2 Å². The lowest BCUT2D eigenvalue weighted by Crippen LogP contribution is -2.30. The van der Waals surface area contributed by atoms with Crippen LogP contribution in [0.4, 0.5) is 0 Å². The molecule has 0 radical (unpaired) electrons. The molecule has 0 aromatic heterocycles. The number of unbranched alkanes of at least 4 members (excludes halogenated alkanes) is 47. The van der Waals surface area contributed by atoms with Gasteiger partial charge in [0.25, 0.3) is 0 Å². The molecule has 77 heavy (non-hydrogen) atoms. The minimum Gasteiger partial charge on any atom is -0.462 e. The molecule has 0 bridgehead atoms. The first kappa shape index (κ1) is 74.6. The number of esters is 3. The third-order valence-electron chi connectivity index (χ3n) is 15.7. The molecule has 452 valence electrons. The Bertz CT molecular complexity index is 1290. The fraction of sp³-hybridized carbons (Fsp3) is 0.873. The van der Waals surface area contributed by atoms with Crippen molar-refractivity contribution in [1.82, 2.24) is 0 Å². The monoisotopic (exact) mass is 1080 g/mol. The molecule has 0 saturated heterocycles. The van der Waals surface area contributed by atoms with Gasteiger partial charge in [-0.2, -0.15) is 0 Å². The minimum atomic E-state index is -0.781. The third kappa shape index (κ3) is 64.3. The average molecular weight is 1080 g/mol. The summed E-state index contributed by atoms with van der Waals surface area (Å²) in [6, 6.07) is 0. The normalized spacial score (nSPS) is 12.2. The van der Waals surface area contributed by atoms with Crippen molar-refractivity contribution in [3.05, 3.63) is 36.5 Å². The second-order valence-electron chi connectivity index (χ2n) is 23.4. The SMILES string of the molecule is CC/C=C\C/C=C\C/C=C\CCCCCC(=O)OCC(COC(=O)CCCCCCCCCCCCCCCCCCCCCCCCCC)OC(=O)CCCCCCCCCCCCCCCCCCCCCCCC. The van der Waals surface area contributed by atoms with E-state index < -0.39 is 6.10 Å². The molecule has 0 fully saturated rings. The van der Waals surface area contributed by atoms with Gasteiger partial charge in [-0.15, -0.1) is 0 Å². The van der Waals surface area contributed by atoms with Gasteiger partial charge in [0.15, 0.2) is 6.10 Å². The minimum absolute atomic E-state index is 0.0758. The van der Waals surface area contributed by atoms with Crippen molar-refractivity contribution >= 4 is 17.9 Å². The second-order valence-corrected chi connectivity index (χ2v) is 23.4. The van der Waals surface area contributed by atoms with Crippen molar-refractivity contribution in [2.45, 2.75) is 386 Å². The first-order valence-electron chi connectivity index (χ1n) is 34.5. The van der Waals surface area contributed by atoms with E-state index in [9.17, 15) is 14.4 Å². The molecular formula is C71H132O6. The average Bonchev–Trinajstić information content (AvgIpc) is 3.43. The summed E-state index contributed by atoms with van der Waals surface area (Å²) < 4.78 is 16.9. The standard InChI is InChI=1S/C71H132O6/c1-4-7-10-13-16-19-22-25-27-29-31-33-35-36-38-39-41-43-46-49-52-55-58-61-64-70(73)76-67-68(66-75-69(72)63-60-57-54-51-48-45-24-21-18-15-12-9-6-3)77-71(74)65-62-59-56-53-50-47-44-42-40-37-34-32-30-28-26-23-20-17-14-11-8-5-2/h9,12,18,21,45,48,68H,4-8,10-11,13-17,19-20,22-44,46-47,49-67H2,1-3H3/b12-9-,21-18-,48-45-. The van der Waals surface area contributed by atoms with Gasteiger partial charge in [0, 0.05) is 19.3 Å². The molecule has 0 aliphatic rings. The van der Waals surface area contributed by atoms with Gasteiger partial charge in [0.05, 0.1) is 0 Å². The van der Waals surface area contributed by atoms with Gasteiger partial charge in [-0.1, -0.05) is 346 Å². The summed E-state index contributed by atoms with van der Waals surface area (Å²) >= 11 is 0. The Labute approximate surface area is 480 Å². The molecular weight excluding hydrogens is 949 g/mol. The topological polar surface area (TPSA) is 78.9 Å². The van der Waals surface area contributed by atoms with Crippen LogP contribution < -0.4 is 0 Å². The molecule has 1 atom stereocenters. The summed E-state index contributed by atoms with van der Waals surface area (Å²) in [5.74, 6) is -0.878. The van der Waals surface area contributed by atoms with E-state index in [1.165, 1.54) is 257 Å². The van der Waals surface area contributed by atoms with E-state index in [1.54, 1.807) is 0 Å². The van der Waals surface area contributed by atoms with Crippen molar-refractivity contribution < 1.29 is 28.6 Å². The van der Waals surface area contributed by atoms with Crippen LogP contribution in [0.5, 0.6) is 0 Å². The van der Waals surface area contributed by atoms with Crippen LogP contribution in [0.25, 0.3) is 0 Å². The van der Waals surface area contributed by atoms with Crippen LogP contribution in [-0.4, -0.2) is 37.2 Å². The molecule has 0 rings (SSSR count). The lowest BCUT2D eigenvalue weighted by molar-refractivity contribution is -0.167. The second kappa shape index (κ2) is 66.1. The number of carbonyl (C=O) groups excluding carboxylic acids is 3. The lowest BCUT2D eigenvalue weighted by Gasteiger charge is -2.18. The molecule has 0 N–H and O–H groups in total. The highest BCUT2D eigenvalue weighted by Gasteiger charge is 2.19. The van der Waals surface area contributed by atoms with E-state index in [2.05, 4.69) is 57.2 Å². The number of allylic oxidation sites excluding steroid dienone is 6. The van der Waals surface area contributed by atoms with Crippen molar-refractivity contribution in [3.8, 4) is 0 Å². The Morgan fingerprint density at radius 3 is 0.792 bits per heavy atom. The Balaban J connectivity index is 4.23. The molecule has 0 saturated carbocycles. The van der Waals surface area contributed by atoms with Crippen LogP contribution in [0.2, 0.25) is 0 Å². The maximum Gasteiger partial charge on any atom is 0.306 e. The summed E-state index contributed by atoms with van der Waals surface area (Å²) in [5.41, 5.74) is 0. The molecule has 0 aliphatic heterocycles.